The van der Waals surface area contributed by atoms with Crippen molar-refractivity contribution < 1.29 is 4.74 Å². The molecule has 0 amide bonds. The second kappa shape index (κ2) is 8.71. The van der Waals surface area contributed by atoms with Crippen molar-refractivity contribution in [1.82, 2.24) is 0 Å². The summed E-state index contributed by atoms with van der Waals surface area (Å²) in [7, 11) is 0. The van der Waals surface area contributed by atoms with Crippen molar-refractivity contribution >= 4 is 5.90 Å². The van der Waals surface area contributed by atoms with Crippen molar-refractivity contribution in [2.24, 2.45) is 4.99 Å². The molecule has 2 nitrogen and oxygen atoms in total. The van der Waals surface area contributed by atoms with Gasteiger partial charge < -0.3 is 4.74 Å². The van der Waals surface area contributed by atoms with Crippen molar-refractivity contribution in [3.63, 3.8) is 0 Å². The van der Waals surface area contributed by atoms with E-state index in [1.54, 1.807) is 0 Å². The molecule has 5 rings (SSSR count). The molecule has 1 atom stereocenters. The first-order valence-corrected chi connectivity index (χ1v) is 11.7. The molecule has 0 aromatic heterocycles. The smallest absolute Gasteiger partial charge is 0.205 e. The Hall–Kier alpha value is -3.65. The maximum absolute atomic E-state index is 6.95. The number of aliphatic imine (C=N–C) groups is 1. The van der Waals surface area contributed by atoms with Crippen LogP contribution in [-0.4, -0.2) is 11.9 Å². The molecule has 1 saturated heterocycles. The second-order valence-electron chi connectivity index (χ2n) is 8.69. The molecule has 1 aliphatic rings. The number of hydrogen-bond acceptors (Lipinski definition) is 2. The van der Waals surface area contributed by atoms with Gasteiger partial charge in [0.2, 0.25) is 5.90 Å². The third kappa shape index (κ3) is 3.21. The van der Waals surface area contributed by atoms with Crippen molar-refractivity contribution in [3.05, 3.63) is 144 Å². The predicted molar refractivity (Wildman–Crippen MR) is 136 cm³/mol. The van der Waals surface area contributed by atoms with Crippen LogP contribution in [0.1, 0.15) is 42.5 Å². The highest BCUT2D eigenvalue weighted by Crippen LogP contribution is 2.62. The number of rotatable bonds is 6. The van der Waals surface area contributed by atoms with Crippen molar-refractivity contribution in [1.29, 1.82) is 0 Å². The highest BCUT2D eigenvalue weighted by atomic mass is 16.5. The molecule has 2 heteroatoms. The van der Waals surface area contributed by atoms with Crippen molar-refractivity contribution in [2.75, 3.05) is 0 Å². The molecule has 4 aromatic rings. The van der Waals surface area contributed by atoms with Gasteiger partial charge in [0.15, 0.2) is 5.60 Å². The number of ether oxygens (including phenoxy) is 1. The van der Waals surface area contributed by atoms with E-state index in [2.05, 4.69) is 135 Å². The average Bonchev–Trinajstić information content (AvgIpc) is 2.88. The zero-order valence-electron chi connectivity index (χ0n) is 19.2. The molecule has 0 bridgehead atoms. The third-order valence-corrected chi connectivity index (χ3v) is 6.80. The molecule has 0 spiro atoms. The molecule has 0 N–H and O–H groups in total. The molecular formula is C31H29NO. The van der Waals surface area contributed by atoms with Gasteiger partial charge in [-0.3, -0.25) is 4.99 Å². The molecule has 1 fully saturated rings. The van der Waals surface area contributed by atoms with Crippen LogP contribution in [-0.2, 0) is 15.8 Å². The van der Waals surface area contributed by atoms with E-state index in [1.165, 1.54) is 11.1 Å². The van der Waals surface area contributed by atoms with Crippen LogP contribution in [0.3, 0.4) is 0 Å². The molecule has 0 saturated carbocycles. The quantitative estimate of drug-likeness (QED) is 0.318. The van der Waals surface area contributed by atoms with Gasteiger partial charge in [0, 0.05) is 11.1 Å². The van der Waals surface area contributed by atoms with E-state index in [0.29, 0.717) is 0 Å². The first-order valence-electron chi connectivity index (χ1n) is 11.7. The van der Waals surface area contributed by atoms with E-state index in [0.717, 1.165) is 23.4 Å². The van der Waals surface area contributed by atoms with Crippen LogP contribution in [0.25, 0.3) is 0 Å². The Morgan fingerprint density at radius 1 is 0.606 bits per heavy atom. The summed E-state index contributed by atoms with van der Waals surface area (Å²) in [5.41, 5.74) is 3.25. The molecule has 1 aliphatic heterocycles. The summed E-state index contributed by atoms with van der Waals surface area (Å²) >= 11 is 0. The minimum Gasteiger partial charge on any atom is -0.462 e. The Bertz CT molecular complexity index is 1140. The Kier molecular flexibility index (Phi) is 5.60. The summed E-state index contributed by atoms with van der Waals surface area (Å²) in [6, 6.07) is 42.8. The minimum absolute atomic E-state index is 0.163. The monoisotopic (exact) mass is 431 g/mol. The van der Waals surface area contributed by atoms with Crippen molar-refractivity contribution in [3.8, 4) is 0 Å². The van der Waals surface area contributed by atoms with E-state index in [-0.39, 0.29) is 6.04 Å². The van der Waals surface area contributed by atoms with E-state index < -0.39 is 11.0 Å². The van der Waals surface area contributed by atoms with Gasteiger partial charge in [0.25, 0.3) is 0 Å². The first-order chi connectivity index (χ1) is 16.2. The fourth-order valence-electron chi connectivity index (χ4n) is 5.08. The molecule has 1 heterocycles. The van der Waals surface area contributed by atoms with Gasteiger partial charge in [0.1, 0.15) is 5.41 Å². The van der Waals surface area contributed by atoms with E-state index in [1.807, 2.05) is 0 Å². The van der Waals surface area contributed by atoms with E-state index in [9.17, 15) is 0 Å². The molecule has 0 radical (unpaired) electrons. The Labute approximate surface area is 196 Å². The lowest BCUT2D eigenvalue weighted by Crippen LogP contribution is -2.68. The van der Waals surface area contributed by atoms with Crippen LogP contribution < -0.4 is 0 Å². The molecule has 4 aromatic carbocycles. The highest BCUT2D eigenvalue weighted by molar-refractivity contribution is 6.01. The van der Waals surface area contributed by atoms with Gasteiger partial charge >= 0.3 is 0 Å². The zero-order valence-corrected chi connectivity index (χ0v) is 19.2. The van der Waals surface area contributed by atoms with Crippen molar-refractivity contribution in [2.45, 2.75) is 37.3 Å². The lowest BCUT2D eigenvalue weighted by Gasteiger charge is -2.60. The molecule has 164 valence electrons. The zero-order chi connectivity index (χ0) is 22.7. The fourth-order valence-corrected chi connectivity index (χ4v) is 5.08. The summed E-state index contributed by atoms with van der Waals surface area (Å²) in [5, 5.41) is 0. The largest absolute Gasteiger partial charge is 0.462 e. The Balaban J connectivity index is 1.92. The summed E-state index contributed by atoms with van der Waals surface area (Å²) < 4.78 is 6.95. The lowest BCUT2D eigenvalue weighted by atomic mass is 9.54. The van der Waals surface area contributed by atoms with Crippen LogP contribution in [0.15, 0.2) is 126 Å². The maximum atomic E-state index is 6.95. The number of nitrogens with zero attached hydrogens (tertiary/aromatic N) is 1. The summed E-state index contributed by atoms with van der Waals surface area (Å²) in [5.74, 6) is 0.780. The lowest BCUT2D eigenvalue weighted by molar-refractivity contribution is -0.0362. The normalized spacial score (nSPS) is 18.2. The van der Waals surface area contributed by atoms with Gasteiger partial charge in [-0.15, -0.1) is 0 Å². The van der Waals surface area contributed by atoms with Gasteiger partial charge in [-0.05, 0) is 24.5 Å². The third-order valence-electron chi connectivity index (χ3n) is 6.80. The molecular weight excluding hydrogens is 402 g/mol. The molecule has 1 unspecified atom stereocenters. The Morgan fingerprint density at radius 3 is 1.33 bits per heavy atom. The standard InChI is InChI=1S/C31H29NO/c1-3-24(2)32-29-30(25-16-8-4-9-17-25,26-18-10-5-11-19-26)31(33-29,27-20-12-6-13-21-27)28-22-14-7-15-23-28/h4-24H,3H2,1-2H3. The second-order valence-corrected chi connectivity index (χ2v) is 8.69. The van der Waals surface area contributed by atoms with Crippen LogP contribution in [0.5, 0.6) is 0 Å². The van der Waals surface area contributed by atoms with Crippen LogP contribution in [0.4, 0.5) is 0 Å². The SMILES string of the molecule is CCC(C)N=C1OC(c2ccccc2)(c2ccccc2)C1(c1ccccc1)c1ccccc1. The summed E-state index contributed by atoms with van der Waals surface area (Å²) in [6.07, 6.45) is 0.955. The van der Waals surface area contributed by atoms with Gasteiger partial charge in [-0.25, -0.2) is 0 Å². The Morgan fingerprint density at radius 2 is 0.970 bits per heavy atom. The highest BCUT2D eigenvalue weighted by Gasteiger charge is 2.70. The van der Waals surface area contributed by atoms with Crippen LogP contribution in [0, 0.1) is 0 Å². The first kappa shape index (κ1) is 21.2. The van der Waals surface area contributed by atoms with E-state index in [4.69, 9.17) is 9.73 Å². The molecule has 33 heavy (non-hydrogen) atoms. The predicted octanol–water partition coefficient (Wildman–Crippen LogP) is 7.14. The summed E-state index contributed by atoms with van der Waals surface area (Å²) in [6.45, 7) is 4.32. The van der Waals surface area contributed by atoms with Crippen LogP contribution in [0.2, 0.25) is 0 Å². The van der Waals surface area contributed by atoms with Crippen LogP contribution >= 0.6 is 0 Å². The maximum Gasteiger partial charge on any atom is 0.205 e. The average molecular weight is 432 g/mol. The van der Waals surface area contributed by atoms with E-state index >= 15 is 0 Å². The fraction of sp³-hybridized carbons (Fsp3) is 0.194. The number of benzene rings is 4. The molecule has 0 aliphatic carbocycles. The summed E-state index contributed by atoms with van der Waals surface area (Å²) in [4.78, 5) is 5.15. The minimum atomic E-state index is -0.746. The van der Waals surface area contributed by atoms with Gasteiger partial charge in [-0.2, -0.15) is 0 Å². The van der Waals surface area contributed by atoms with Gasteiger partial charge in [0.05, 0.1) is 6.04 Å². The number of hydrogen-bond donors (Lipinski definition) is 0. The van der Waals surface area contributed by atoms with Gasteiger partial charge in [-0.1, -0.05) is 128 Å². The topological polar surface area (TPSA) is 21.6 Å².